The van der Waals surface area contributed by atoms with Crippen molar-refractivity contribution in [3.05, 3.63) is 46.3 Å². The van der Waals surface area contributed by atoms with Gasteiger partial charge in [-0.15, -0.1) is 0 Å². The maximum atomic E-state index is 12.4. The van der Waals surface area contributed by atoms with Crippen molar-refractivity contribution in [3.63, 3.8) is 0 Å². The molecule has 3 heteroatoms. The van der Waals surface area contributed by atoms with Gasteiger partial charge in [0, 0.05) is 11.1 Å². The van der Waals surface area contributed by atoms with Gasteiger partial charge in [0.15, 0.2) is 0 Å². The molecule has 1 rings (SSSR count). The average Bonchev–Trinajstić information content (AvgIpc) is 2.08. The predicted molar refractivity (Wildman–Crippen MR) is 46.4 cm³/mol. The molecular weight excluding hydrogens is 172 g/mol. The van der Waals surface area contributed by atoms with Crippen molar-refractivity contribution in [1.82, 2.24) is 0 Å². The summed E-state index contributed by atoms with van der Waals surface area (Å²) in [4.78, 5) is 3.13. The van der Waals surface area contributed by atoms with Gasteiger partial charge in [-0.1, -0.05) is 18.2 Å². The fourth-order valence-corrected chi connectivity index (χ4v) is 1.22. The van der Waals surface area contributed by atoms with Crippen molar-refractivity contribution < 1.29 is 8.78 Å². The maximum Gasteiger partial charge on any atom is 0.264 e. The van der Waals surface area contributed by atoms with E-state index in [1.54, 1.807) is 19.1 Å². The van der Waals surface area contributed by atoms with Gasteiger partial charge in [-0.3, -0.25) is 0 Å². The molecule has 13 heavy (non-hydrogen) atoms. The van der Waals surface area contributed by atoms with E-state index in [4.69, 9.17) is 6.57 Å². The van der Waals surface area contributed by atoms with E-state index in [1.165, 1.54) is 6.07 Å². The molecule has 0 atom stereocenters. The Morgan fingerprint density at radius 2 is 2.15 bits per heavy atom. The molecule has 1 aromatic carbocycles. The minimum absolute atomic E-state index is 0.0176. The van der Waals surface area contributed by atoms with Crippen LogP contribution >= 0.6 is 0 Å². The summed E-state index contributed by atoms with van der Waals surface area (Å²) in [5.74, 6) is 0. The summed E-state index contributed by atoms with van der Waals surface area (Å²) in [6, 6.07) is 4.70. The average molecular weight is 181 g/mol. The van der Waals surface area contributed by atoms with Gasteiger partial charge in [-0.2, -0.15) is 0 Å². The molecule has 0 aromatic heterocycles. The van der Waals surface area contributed by atoms with E-state index in [9.17, 15) is 8.78 Å². The van der Waals surface area contributed by atoms with E-state index < -0.39 is 6.43 Å². The zero-order valence-corrected chi connectivity index (χ0v) is 7.22. The molecule has 0 heterocycles. The van der Waals surface area contributed by atoms with Crippen molar-refractivity contribution in [1.29, 1.82) is 0 Å². The smallest absolute Gasteiger partial charge is 0.264 e. The first kappa shape index (κ1) is 9.66. The number of rotatable bonds is 2. The van der Waals surface area contributed by atoms with Gasteiger partial charge in [0.2, 0.25) is 6.54 Å². The van der Waals surface area contributed by atoms with Crippen LogP contribution in [-0.2, 0) is 6.54 Å². The Labute approximate surface area is 75.8 Å². The van der Waals surface area contributed by atoms with Crippen LogP contribution in [0.25, 0.3) is 4.85 Å². The minimum Gasteiger partial charge on any atom is -0.312 e. The van der Waals surface area contributed by atoms with E-state index in [0.717, 1.165) is 5.56 Å². The summed E-state index contributed by atoms with van der Waals surface area (Å²) < 4.78 is 24.9. The normalized spacial score (nSPS) is 10.1. The van der Waals surface area contributed by atoms with E-state index in [1.807, 2.05) is 0 Å². The van der Waals surface area contributed by atoms with Crippen molar-refractivity contribution >= 4 is 0 Å². The molecule has 1 nitrogen and oxygen atoms in total. The third kappa shape index (κ3) is 2.03. The lowest BCUT2D eigenvalue weighted by molar-refractivity contribution is 0.150. The molecule has 1 aromatic rings. The van der Waals surface area contributed by atoms with E-state index in [0.29, 0.717) is 5.56 Å². The number of hydrogen-bond donors (Lipinski definition) is 0. The zero-order valence-electron chi connectivity index (χ0n) is 7.22. The fraction of sp³-hybridized carbons (Fsp3) is 0.300. The molecule has 0 amide bonds. The monoisotopic (exact) mass is 181 g/mol. The van der Waals surface area contributed by atoms with Crippen LogP contribution < -0.4 is 0 Å². The van der Waals surface area contributed by atoms with Gasteiger partial charge in [-0.25, -0.2) is 15.4 Å². The van der Waals surface area contributed by atoms with Gasteiger partial charge in [0.1, 0.15) is 0 Å². The van der Waals surface area contributed by atoms with Crippen LogP contribution in [0.2, 0.25) is 0 Å². The van der Waals surface area contributed by atoms with Crippen LogP contribution in [0.3, 0.4) is 0 Å². The van der Waals surface area contributed by atoms with Crippen molar-refractivity contribution in [2.24, 2.45) is 0 Å². The van der Waals surface area contributed by atoms with Crippen LogP contribution in [0.1, 0.15) is 23.1 Å². The summed E-state index contributed by atoms with van der Waals surface area (Å²) in [6.45, 7) is 8.43. The maximum absolute atomic E-state index is 12.4. The summed E-state index contributed by atoms with van der Waals surface area (Å²) in [5.41, 5.74) is 1.21. The number of aryl methyl sites for hydroxylation is 1. The van der Waals surface area contributed by atoms with Gasteiger partial charge in [0.05, 0.1) is 0 Å². The Balaban J connectivity index is 3.19. The highest BCUT2D eigenvalue weighted by Gasteiger charge is 2.15. The fourth-order valence-electron chi connectivity index (χ4n) is 1.22. The quantitative estimate of drug-likeness (QED) is 0.616. The van der Waals surface area contributed by atoms with Crippen LogP contribution in [0.5, 0.6) is 0 Å². The summed E-state index contributed by atoms with van der Waals surface area (Å²) in [7, 11) is 0. The molecule has 0 fully saturated rings. The predicted octanol–water partition coefficient (Wildman–Crippen LogP) is 3.35. The Hall–Kier alpha value is -1.43. The number of nitrogens with zero attached hydrogens (tertiary/aromatic N) is 1. The van der Waals surface area contributed by atoms with Crippen molar-refractivity contribution in [2.75, 3.05) is 0 Å². The second-order valence-electron chi connectivity index (χ2n) is 2.76. The molecule has 0 radical (unpaired) electrons. The highest BCUT2D eigenvalue weighted by Crippen LogP contribution is 2.25. The number of alkyl halides is 2. The molecule has 0 saturated carbocycles. The van der Waals surface area contributed by atoms with Crippen molar-refractivity contribution in [3.8, 4) is 0 Å². The second-order valence-corrected chi connectivity index (χ2v) is 2.76. The first-order chi connectivity index (χ1) is 6.16. The van der Waals surface area contributed by atoms with E-state index in [2.05, 4.69) is 4.85 Å². The highest BCUT2D eigenvalue weighted by atomic mass is 19.3. The van der Waals surface area contributed by atoms with Gasteiger partial charge < -0.3 is 4.85 Å². The molecule has 0 aliphatic rings. The number of benzene rings is 1. The zero-order chi connectivity index (χ0) is 9.84. The third-order valence-corrected chi connectivity index (χ3v) is 1.92. The first-order valence-electron chi connectivity index (χ1n) is 3.86. The molecule has 0 N–H and O–H groups in total. The van der Waals surface area contributed by atoms with Crippen LogP contribution in [-0.4, -0.2) is 0 Å². The van der Waals surface area contributed by atoms with Crippen LogP contribution in [0, 0.1) is 13.5 Å². The van der Waals surface area contributed by atoms with E-state index >= 15 is 0 Å². The van der Waals surface area contributed by atoms with Gasteiger partial charge in [-0.05, 0) is 12.5 Å². The topological polar surface area (TPSA) is 4.36 Å². The van der Waals surface area contributed by atoms with Crippen LogP contribution in [0.4, 0.5) is 8.78 Å². The lowest BCUT2D eigenvalue weighted by Gasteiger charge is -2.06. The summed E-state index contributed by atoms with van der Waals surface area (Å²) in [5, 5.41) is 0. The van der Waals surface area contributed by atoms with Gasteiger partial charge in [0.25, 0.3) is 6.43 Å². The molecule has 0 saturated heterocycles. The molecule has 0 aliphatic heterocycles. The van der Waals surface area contributed by atoms with E-state index in [-0.39, 0.29) is 12.1 Å². The highest BCUT2D eigenvalue weighted by molar-refractivity contribution is 5.35. The molecule has 0 bridgehead atoms. The van der Waals surface area contributed by atoms with Crippen molar-refractivity contribution in [2.45, 2.75) is 19.9 Å². The number of halogens is 2. The molecule has 0 unspecified atom stereocenters. The molecule has 0 spiro atoms. The third-order valence-electron chi connectivity index (χ3n) is 1.92. The summed E-state index contributed by atoms with van der Waals surface area (Å²) >= 11 is 0. The lowest BCUT2D eigenvalue weighted by atomic mass is 10.0. The summed E-state index contributed by atoms with van der Waals surface area (Å²) in [6.07, 6.45) is -2.49. The first-order valence-corrected chi connectivity index (χ1v) is 3.86. The minimum atomic E-state index is -2.49. The second kappa shape index (κ2) is 3.99. The Bertz CT molecular complexity index is 339. The van der Waals surface area contributed by atoms with Gasteiger partial charge >= 0.3 is 0 Å². The largest absolute Gasteiger partial charge is 0.312 e. The Kier molecular flexibility index (Phi) is 2.97. The Morgan fingerprint density at radius 1 is 1.46 bits per heavy atom. The standard InChI is InChI=1S/C10H9F2N/c1-7-4-3-5-8(10(11)12)9(7)6-13-2/h3-5,10H,6H2,1H3. The lowest BCUT2D eigenvalue weighted by Crippen LogP contribution is -1.95. The molecule has 0 aliphatic carbocycles. The molecule has 68 valence electrons. The number of hydrogen-bond acceptors (Lipinski definition) is 0. The molecular formula is C10H9F2N. The SMILES string of the molecule is [C-]#[N+]Cc1c(C)cccc1C(F)F. The Morgan fingerprint density at radius 3 is 2.69 bits per heavy atom. The van der Waals surface area contributed by atoms with Crippen LogP contribution in [0.15, 0.2) is 18.2 Å².